The Hall–Kier alpha value is -1.69. The number of unbranched alkanes of at least 4 members (excludes halogenated alkanes) is 39. The summed E-state index contributed by atoms with van der Waals surface area (Å²) >= 11 is 0. The van der Waals surface area contributed by atoms with Crippen LogP contribution in [-0.2, 0) is 4.79 Å². The normalized spacial score (nSPS) is 13.6. The minimum absolute atomic E-state index is 0.00627. The molecule has 0 bridgehead atoms. The van der Waals surface area contributed by atoms with E-state index in [9.17, 15) is 20.1 Å². The maximum absolute atomic E-state index is 12.5. The van der Waals surface area contributed by atoms with E-state index in [1.165, 1.54) is 244 Å². The van der Waals surface area contributed by atoms with Crippen LogP contribution in [0.15, 0.2) is 48.6 Å². The van der Waals surface area contributed by atoms with E-state index in [0.29, 0.717) is 6.42 Å². The maximum Gasteiger partial charge on any atom is 0.222 e. The zero-order valence-electron chi connectivity index (χ0n) is 44.3. The van der Waals surface area contributed by atoms with Gasteiger partial charge in [-0.15, -0.1) is 0 Å². The molecule has 0 aliphatic carbocycles. The molecule has 4 N–H and O–H groups in total. The van der Waals surface area contributed by atoms with Crippen LogP contribution in [0.5, 0.6) is 0 Å². The Bertz CT molecular complexity index is 1070. The Morgan fingerprint density at radius 1 is 0.394 bits per heavy atom. The molecular weight excluding hydrogens is 811 g/mol. The lowest BCUT2D eigenvalue weighted by molar-refractivity contribution is -0.124. The van der Waals surface area contributed by atoms with Gasteiger partial charge in [-0.25, -0.2) is 0 Å². The topological polar surface area (TPSA) is 89.8 Å². The number of hydrogen-bond acceptors (Lipinski definition) is 4. The first kappa shape index (κ1) is 64.3. The predicted molar refractivity (Wildman–Crippen MR) is 291 cm³/mol. The summed E-state index contributed by atoms with van der Waals surface area (Å²) in [6.45, 7) is 4.23. The fraction of sp³-hybridized carbons (Fsp3) is 0.852. The number of carbonyl (C=O) groups is 1. The third-order valence-corrected chi connectivity index (χ3v) is 13.6. The molecule has 5 nitrogen and oxygen atoms in total. The molecule has 0 fully saturated rings. The lowest BCUT2D eigenvalue weighted by Gasteiger charge is -2.21. The van der Waals surface area contributed by atoms with Gasteiger partial charge in [0.1, 0.15) is 0 Å². The summed E-state index contributed by atoms with van der Waals surface area (Å²) in [6.07, 6.45) is 74.6. The average Bonchev–Trinajstić information content (AvgIpc) is 3.31. The van der Waals surface area contributed by atoms with Crippen LogP contribution >= 0.6 is 0 Å². The molecule has 66 heavy (non-hydrogen) atoms. The van der Waals surface area contributed by atoms with Crippen molar-refractivity contribution in [3.8, 4) is 0 Å². The van der Waals surface area contributed by atoms with E-state index in [1.807, 2.05) is 6.08 Å². The van der Waals surface area contributed by atoms with Gasteiger partial charge >= 0.3 is 0 Å². The summed E-state index contributed by atoms with van der Waals surface area (Å²) in [5, 5.41) is 33.4. The quantitative estimate of drug-likeness (QED) is 0.0361. The Morgan fingerprint density at radius 3 is 1.06 bits per heavy atom. The molecular formula is C61H115NO4. The van der Waals surface area contributed by atoms with Gasteiger partial charge in [0, 0.05) is 0 Å². The molecule has 0 radical (unpaired) electrons. The monoisotopic (exact) mass is 926 g/mol. The summed E-state index contributed by atoms with van der Waals surface area (Å²) in [7, 11) is 0. The van der Waals surface area contributed by atoms with Crippen LogP contribution in [0.2, 0.25) is 0 Å². The number of carbonyl (C=O) groups excluding carboxylic acids is 1. The summed E-state index contributed by atoms with van der Waals surface area (Å²) in [6, 6.07) is -0.762. The van der Waals surface area contributed by atoms with Gasteiger partial charge in [-0.3, -0.25) is 4.79 Å². The van der Waals surface area contributed by atoms with E-state index < -0.39 is 18.2 Å². The van der Waals surface area contributed by atoms with Crippen molar-refractivity contribution in [1.29, 1.82) is 0 Å². The van der Waals surface area contributed by atoms with Gasteiger partial charge < -0.3 is 20.6 Å². The van der Waals surface area contributed by atoms with Crippen molar-refractivity contribution in [2.75, 3.05) is 6.61 Å². The summed E-state index contributed by atoms with van der Waals surface area (Å²) in [4.78, 5) is 12.5. The Balaban J connectivity index is 3.55. The van der Waals surface area contributed by atoms with Crippen molar-refractivity contribution in [3.05, 3.63) is 48.6 Å². The summed E-state index contributed by atoms with van der Waals surface area (Å²) in [5.41, 5.74) is 0. The highest BCUT2D eigenvalue weighted by atomic mass is 16.3. The number of hydrogen-bond donors (Lipinski definition) is 4. The van der Waals surface area contributed by atoms with Crippen LogP contribution in [0.4, 0.5) is 0 Å². The lowest BCUT2D eigenvalue weighted by atomic mass is 10.0. The number of rotatable bonds is 54. The smallest absolute Gasteiger partial charge is 0.222 e. The third-order valence-electron chi connectivity index (χ3n) is 13.6. The van der Waals surface area contributed by atoms with Crippen LogP contribution in [0.1, 0.15) is 309 Å². The lowest BCUT2D eigenvalue weighted by Crippen LogP contribution is -2.45. The van der Waals surface area contributed by atoms with Crippen LogP contribution < -0.4 is 5.32 Å². The summed E-state index contributed by atoms with van der Waals surface area (Å²) < 4.78 is 0. The number of allylic oxidation sites excluding steroid dienone is 7. The van der Waals surface area contributed by atoms with Crippen LogP contribution in [0.3, 0.4) is 0 Å². The van der Waals surface area contributed by atoms with Crippen molar-refractivity contribution in [3.63, 3.8) is 0 Å². The molecule has 0 heterocycles. The molecule has 0 spiro atoms. The van der Waals surface area contributed by atoms with E-state index >= 15 is 0 Å². The first-order valence-electron chi connectivity index (χ1n) is 29.4. The van der Waals surface area contributed by atoms with Crippen molar-refractivity contribution in [2.45, 2.75) is 327 Å². The van der Waals surface area contributed by atoms with E-state index in [-0.39, 0.29) is 18.9 Å². The number of aliphatic hydroxyl groups is 3. The molecule has 3 atom stereocenters. The predicted octanol–water partition coefficient (Wildman–Crippen LogP) is 18.4. The van der Waals surface area contributed by atoms with E-state index in [4.69, 9.17) is 0 Å². The highest BCUT2D eigenvalue weighted by Gasteiger charge is 2.20. The van der Waals surface area contributed by atoms with E-state index in [0.717, 1.165) is 38.5 Å². The molecule has 1 amide bonds. The average molecular weight is 927 g/mol. The molecule has 0 aromatic heterocycles. The second-order valence-electron chi connectivity index (χ2n) is 20.2. The molecule has 0 saturated carbocycles. The highest BCUT2D eigenvalue weighted by Crippen LogP contribution is 2.17. The zero-order valence-corrected chi connectivity index (χ0v) is 44.3. The van der Waals surface area contributed by atoms with Crippen LogP contribution in [0, 0.1) is 0 Å². The Kier molecular flexibility index (Phi) is 54.5. The molecule has 0 rings (SSSR count). The fourth-order valence-electron chi connectivity index (χ4n) is 9.10. The van der Waals surface area contributed by atoms with Gasteiger partial charge in [-0.1, -0.05) is 287 Å². The van der Waals surface area contributed by atoms with Gasteiger partial charge in [0.15, 0.2) is 0 Å². The van der Waals surface area contributed by atoms with Gasteiger partial charge in [0.25, 0.3) is 0 Å². The van der Waals surface area contributed by atoms with E-state index in [2.05, 4.69) is 55.6 Å². The molecule has 5 heteroatoms. The maximum atomic E-state index is 12.5. The van der Waals surface area contributed by atoms with Crippen molar-refractivity contribution >= 4 is 5.91 Å². The van der Waals surface area contributed by atoms with Gasteiger partial charge in [0.05, 0.1) is 31.3 Å². The number of aliphatic hydroxyl groups excluding tert-OH is 3. The van der Waals surface area contributed by atoms with Gasteiger partial charge in [-0.2, -0.15) is 0 Å². The highest BCUT2D eigenvalue weighted by molar-refractivity contribution is 5.76. The second kappa shape index (κ2) is 55.9. The van der Waals surface area contributed by atoms with Crippen LogP contribution in [0.25, 0.3) is 0 Å². The van der Waals surface area contributed by atoms with Crippen molar-refractivity contribution in [2.24, 2.45) is 0 Å². The third kappa shape index (κ3) is 51.7. The first-order valence-corrected chi connectivity index (χ1v) is 29.4. The molecule has 0 aromatic rings. The van der Waals surface area contributed by atoms with Gasteiger partial charge in [0.2, 0.25) is 5.91 Å². The molecule has 3 unspecified atom stereocenters. The Morgan fingerprint density at radius 2 is 0.697 bits per heavy atom. The van der Waals surface area contributed by atoms with Gasteiger partial charge in [-0.05, 0) is 64.2 Å². The fourth-order valence-corrected chi connectivity index (χ4v) is 9.10. The van der Waals surface area contributed by atoms with E-state index in [1.54, 1.807) is 6.08 Å². The minimum Gasteiger partial charge on any atom is -0.394 e. The number of amides is 1. The molecule has 0 aliphatic rings. The van der Waals surface area contributed by atoms with Crippen LogP contribution in [-0.4, -0.2) is 46.1 Å². The Labute approximate surface area is 412 Å². The first-order chi connectivity index (χ1) is 32.5. The van der Waals surface area contributed by atoms with Crippen molar-refractivity contribution in [1.82, 2.24) is 5.32 Å². The molecule has 388 valence electrons. The molecule has 0 saturated heterocycles. The zero-order chi connectivity index (χ0) is 47.9. The SMILES string of the molecule is CCCCCCCCCCCCC/C=C\C/C=C\CCCCCCCCCCCCCCCCCC(O)CC(=O)NC(CO)C(O)/C=C/CC/C=C/CCCCCCCCCCCCCC. The second-order valence-corrected chi connectivity index (χ2v) is 20.2. The standard InChI is InChI=1S/C61H115NO4/c1-3-5-7-9-11-13-15-17-19-21-23-24-25-26-27-28-29-30-31-32-33-34-35-36-37-38-40-42-44-46-48-50-52-54-58(64)56-61(66)62-59(57-63)60(65)55-53-51-49-47-45-43-41-39-22-20-18-16-14-12-10-8-6-4-2/h25-26,28-29,45,47,53,55,58-60,63-65H,3-24,27,30-44,46,48-52,54,56-57H2,1-2H3,(H,62,66)/b26-25-,29-28-,47-45+,55-53+. The minimum atomic E-state index is -0.953. The molecule has 0 aromatic carbocycles. The molecule has 0 aliphatic heterocycles. The van der Waals surface area contributed by atoms with Crippen molar-refractivity contribution < 1.29 is 20.1 Å². The summed E-state index contributed by atoms with van der Waals surface area (Å²) in [5.74, 6) is -0.323. The largest absolute Gasteiger partial charge is 0.394 e. The number of nitrogens with one attached hydrogen (secondary N) is 1.